The number of hydrogen-bond donors (Lipinski definition) is 5. The molecule has 0 saturated carbocycles. The van der Waals surface area contributed by atoms with Gasteiger partial charge in [-0.3, -0.25) is 25.7 Å². The molecule has 0 spiro atoms. The lowest BCUT2D eigenvalue weighted by molar-refractivity contribution is -0.386. The molecular weight excluding hydrogens is 510 g/mol. The Morgan fingerprint density at radius 3 is 1.79 bits per heavy atom. The molecule has 0 bridgehead atoms. The molecule has 0 unspecified atom stereocenters. The highest BCUT2D eigenvalue weighted by molar-refractivity contribution is 5.82. The van der Waals surface area contributed by atoms with Crippen molar-refractivity contribution in [1.29, 1.82) is 0 Å². The third kappa shape index (κ3) is 6.98. The van der Waals surface area contributed by atoms with Gasteiger partial charge >= 0.3 is 11.4 Å². The van der Waals surface area contributed by atoms with Gasteiger partial charge in [0.15, 0.2) is 17.3 Å². The van der Waals surface area contributed by atoms with E-state index < -0.39 is 32.7 Å². The van der Waals surface area contributed by atoms with E-state index in [0.29, 0.717) is 16.9 Å². The van der Waals surface area contributed by atoms with Crippen molar-refractivity contribution in [1.82, 2.24) is 9.97 Å². The molecule has 3 aromatic carbocycles. The number of phenolic OH excluding ortho intramolecular Hbond substituents is 2. The van der Waals surface area contributed by atoms with Crippen molar-refractivity contribution in [3.8, 4) is 11.5 Å². The molecule has 1 aromatic heterocycles. The van der Waals surface area contributed by atoms with Gasteiger partial charge in [-0.1, -0.05) is 18.2 Å². The van der Waals surface area contributed by atoms with E-state index in [2.05, 4.69) is 36.3 Å². The quantitative estimate of drug-likeness (QED) is 0.111. The number of nitrogens with zero attached hydrogens (tertiary/aromatic N) is 6. The molecule has 0 fully saturated rings. The first kappa shape index (κ1) is 26.0. The zero-order valence-corrected chi connectivity index (χ0v) is 19.8. The first-order chi connectivity index (χ1) is 18.8. The number of phenols is 2. The van der Waals surface area contributed by atoms with Crippen molar-refractivity contribution in [2.24, 2.45) is 10.2 Å². The second-order valence-corrected chi connectivity index (χ2v) is 7.70. The molecule has 0 aliphatic carbocycles. The number of benzene rings is 3. The van der Waals surface area contributed by atoms with Crippen LogP contribution in [0, 0.1) is 20.2 Å². The summed E-state index contributed by atoms with van der Waals surface area (Å²) in [5.41, 5.74) is 6.06. The summed E-state index contributed by atoms with van der Waals surface area (Å²) in [6, 6.07) is 18.3. The third-order valence-corrected chi connectivity index (χ3v) is 4.94. The molecule has 0 radical (unpaired) electrons. The molecular formula is C24H19N9O6. The summed E-state index contributed by atoms with van der Waals surface area (Å²) in [5.74, 6) is -0.306. The smallest absolute Gasteiger partial charge is 0.310 e. The summed E-state index contributed by atoms with van der Waals surface area (Å²) in [6.45, 7) is 0. The summed E-state index contributed by atoms with van der Waals surface area (Å²) in [7, 11) is 0. The molecule has 0 atom stereocenters. The summed E-state index contributed by atoms with van der Waals surface area (Å²) >= 11 is 0. The summed E-state index contributed by atoms with van der Waals surface area (Å²) in [6.07, 6.45) is 2.65. The normalized spacial score (nSPS) is 11.0. The minimum atomic E-state index is -0.699. The first-order valence-corrected chi connectivity index (χ1v) is 11.0. The van der Waals surface area contributed by atoms with Crippen LogP contribution in [0.4, 0.5) is 34.6 Å². The maximum atomic E-state index is 10.9. The standard InChI is InChI=1S/C24H19N9O6/c34-20-10-15(6-8-18(20)32(36)37)13-25-30-23-12-22(27-17-4-2-1-3-5-17)28-24(29-23)31-26-14-16-7-9-19(33(38)39)21(35)11-16/h1-14,34-35H,(H3,27,28,29,30,31). The zero-order valence-electron chi connectivity index (χ0n) is 19.8. The Balaban J connectivity index is 1.53. The van der Waals surface area contributed by atoms with E-state index in [0.717, 1.165) is 17.8 Å². The van der Waals surface area contributed by atoms with Gasteiger partial charge in [0.2, 0.25) is 5.95 Å². The number of aromatic hydroxyl groups is 2. The van der Waals surface area contributed by atoms with Gasteiger partial charge in [-0.2, -0.15) is 20.2 Å². The highest BCUT2D eigenvalue weighted by Gasteiger charge is 2.13. The lowest BCUT2D eigenvalue weighted by Crippen LogP contribution is -2.04. The number of hydrazone groups is 2. The average Bonchev–Trinajstić information content (AvgIpc) is 2.89. The number of nitro groups is 2. The van der Waals surface area contributed by atoms with Gasteiger partial charge in [0.05, 0.1) is 22.3 Å². The van der Waals surface area contributed by atoms with Crippen LogP contribution in [0.5, 0.6) is 11.5 Å². The largest absolute Gasteiger partial charge is 0.502 e. The van der Waals surface area contributed by atoms with Crippen LogP contribution < -0.4 is 16.2 Å². The van der Waals surface area contributed by atoms with Crippen molar-refractivity contribution >= 4 is 47.1 Å². The van der Waals surface area contributed by atoms with Crippen LogP contribution >= 0.6 is 0 Å². The van der Waals surface area contributed by atoms with E-state index in [1.165, 1.54) is 36.7 Å². The highest BCUT2D eigenvalue weighted by Crippen LogP contribution is 2.26. The molecule has 4 aromatic rings. The Labute approximate surface area is 219 Å². The summed E-state index contributed by atoms with van der Waals surface area (Å²) in [5, 5.41) is 52.5. The predicted molar refractivity (Wildman–Crippen MR) is 144 cm³/mol. The molecule has 0 aliphatic rings. The Morgan fingerprint density at radius 1 is 0.718 bits per heavy atom. The Bertz CT molecular complexity index is 1480. The van der Waals surface area contributed by atoms with Crippen LogP contribution in [0.2, 0.25) is 0 Å². The molecule has 15 heteroatoms. The Hall–Kier alpha value is -6.12. The van der Waals surface area contributed by atoms with Crippen LogP contribution in [0.25, 0.3) is 0 Å². The van der Waals surface area contributed by atoms with Gasteiger partial charge in [0, 0.05) is 23.9 Å². The van der Waals surface area contributed by atoms with E-state index in [4.69, 9.17) is 0 Å². The fraction of sp³-hybridized carbons (Fsp3) is 0. The number of aromatic nitrogens is 2. The Morgan fingerprint density at radius 2 is 1.26 bits per heavy atom. The number of nitro benzene ring substituents is 2. The van der Waals surface area contributed by atoms with E-state index in [1.54, 1.807) is 6.07 Å². The lowest BCUT2D eigenvalue weighted by atomic mass is 10.2. The SMILES string of the molecule is O=[N+]([O-])c1ccc(C=NNc2cc(Nc3ccccc3)nc(NN=Cc3ccc([N+](=O)[O-])c(O)c3)n2)cc1O. The van der Waals surface area contributed by atoms with Gasteiger partial charge in [-0.15, -0.1) is 0 Å². The minimum Gasteiger partial charge on any atom is -0.502 e. The van der Waals surface area contributed by atoms with E-state index >= 15 is 0 Å². The van der Waals surface area contributed by atoms with Gasteiger partial charge in [0.1, 0.15) is 5.82 Å². The number of rotatable bonds is 10. The number of para-hydroxylation sites is 1. The first-order valence-electron chi connectivity index (χ1n) is 11.0. The molecule has 1 heterocycles. The lowest BCUT2D eigenvalue weighted by Gasteiger charge is -2.09. The predicted octanol–water partition coefficient (Wildman–Crippen LogP) is 4.34. The van der Waals surface area contributed by atoms with Crippen molar-refractivity contribution in [3.63, 3.8) is 0 Å². The van der Waals surface area contributed by atoms with Crippen molar-refractivity contribution in [2.45, 2.75) is 0 Å². The highest BCUT2D eigenvalue weighted by atomic mass is 16.6. The number of hydrogen-bond acceptors (Lipinski definition) is 13. The zero-order chi connectivity index (χ0) is 27.8. The topological polar surface area (TPSA) is 213 Å². The van der Waals surface area contributed by atoms with Crippen molar-refractivity contribution in [2.75, 3.05) is 16.2 Å². The molecule has 0 aliphatic heterocycles. The van der Waals surface area contributed by atoms with Gasteiger partial charge in [-0.25, -0.2) is 5.43 Å². The monoisotopic (exact) mass is 529 g/mol. The van der Waals surface area contributed by atoms with Gasteiger partial charge < -0.3 is 15.5 Å². The van der Waals surface area contributed by atoms with Crippen molar-refractivity contribution < 1.29 is 20.1 Å². The molecule has 5 N–H and O–H groups in total. The molecule has 0 saturated heterocycles. The summed E-state index contributed by atoms with van der Waals surface area (Å²) in [4.78, 5) is 28.9. The van der Waals surface area contributed by atoms with Crippen LogP contribution in [-0.2, 0) is 0 Å². The maximum absolute atomic E-state index is 10.9. The van der Waals surface area contributed by atoms with E-state index in [-0.39, 0.29) is 11.8 Å². The molecule has 39 heavy (non-hydrogen) atoms. The van der Waals surface area contributed by atoms with Crippen LogP contribution in [0.1, 0.15) is 11.1 Å². The third-order valence-electron chi connectivity index (χ3n) is 4.94. The second-order valence-electron chi connectivity index (χ2n) is 7.70. The fourth-order valence-electron chi connectivity index (χ4n) is 3.18. The molecule has 15 nitrogen and oxygen atoms in total. The maximum Gasteiger partial charge on any atom is 0.310 e. The number of nitrogens with one attached hydrogen (secondary N) is 3. The van der Waals surface area contributed by atoms with Crippen LogP contribution in [0.3, 0.4) is 0 Å². The molecule has 196 valence electrons. The van der Waals surface area contributed by atoms with E-state index in [9.17, 15) is 30.4 Å². The van der Waals surface area contributed by atoms with Crippen molar-refractivity contribution in [3.05, 3.63) is 104 Å². The Kier molecular flexibility index (Phi) is 7.82. The summed E-state index contributed by atoms with van der Waals surface area (Å²) < 4.78 is 0. The minimum absolute atomic E-state index is 0.0593. The van der Waals surface area contributed by atoms with E-state index in [1.807, 2.05) is 30.3 Å². The van der Waals surface area contributed by atoms with Gasteiger partial charge in [0.25, 0.3) is 0 Å². The molecule has 4 rings (SSSR count). The number of anilines is 4. The van der Waals surface area contributed by atoms with Crippen LogP contribution in [-0.4, -0.2) is 42.5 Å². The van der Waals surface area contributed by atoms with Gasteiger partial charge in [-0.05, 0) is 47.5 Å². The molecule has 0 amide bonds. The average molecular weight is 529 g/mol. The second kappa shape index (κ2) is 11.7. The fourth-order valence-corrected chi connectivity index (χ4v) is 3.18. The van der Waals surface area contributed by atoms with Crippen LogP contribution in [0.15, 0.2) is 83.0 Å².